The highest BCUT2D eigenvalue weighted by atomic mass is 14.0. The number of rotatable bonds is 3. The Morgan fingerprint density at radius 1 is 1.40 bits per heavy atom. The maximum atomic E-state index is 2.23. The Kier molecular flexibility index (Phi) is 5.00. The van der Waals surface area contributed by atoms with Crippen LogP contribution in [-0.4, -0.2) is 0 Å². The molecule has 0 aromatic carbocycles. The van der Waals surface area contributed by atoms with E-state index in [1.54, 1.807) is 0 Å². The molecule has 0 amide bonds. The summed E-state index contributed by atoms with van der Waals surface area (Å²) < 4.78 is 0. The Morgan fingerprint density at radius 2 is 2.00 bits per heavy atom. The molecule has 0 aliphatic rings. The summed E-state index contributed by atoms with van der Waals surface area (Å²) in [4.78, 5) is 0. The van der Waals surface area contributed by atoms with Crippen LogP contribution in [0.5, 0.6) is 0 Å². The predicted molar refractivity (Wildman–Crippen MR) is 48.0 cm³/mol. The molecule has 0 radical (unpaired) electrons. The van der Waals surface area contributed by atoms with E-state index < -0.39 is 0 Å². The molecular weight excluding hydrogens is 120 g/mol. The molecule has 0 heterocycles. The van der Waals surface area contributed by atoms with E-state index in [2.05, 4.69) is 39.0 Å². The number of allylic oxidation sites excluding steroid dienone is 4. The third-order valence-corrected chi connectivity index (χ3v) is 1.65. The Morgan fingerprint density at radius 3 is 2.30 bits per heavy atom. The fourth-order valence-electron chi connectivity index (χ4n) is 0.938. The van der Waals surface area contributed by atoms with Gasteiger partial charge in [-0.2, -0.15) is 0 Å². The first-order valence-electron chi connectivity index (χ1n) is 4.04. The van der Waals surface area contributed by atoms with Gasteiger partial charge < -0.3 is 0 Å². The molecule has 0 spiro atoms. The van der Waals surface area contributed by atoms with Gasteiger partial charge in [0.25, 0.3) is 0 Å². The molecule has 0 rings (SSSR count). The van der Waals surface area contributed by atoms with E-state index >= 15 is 0 Å². The van der Waals surface area contributed by atoms with Crippen LogP contribution in [0.15, 0.2) is 23.8 Å². The molecular formula is C10H18. The first-order chi connectivity index (χ1) is 4.72. The van der Waals surface area contributed by atoms with Crippen LogP contribution < -0.4 is 0 Å². The summed E-state index contributed by atoms with van der Waals surface area (Å²) in [7, 11) is 0. The van der Waals surface area contributed by atoms with Crippen LogP contribution in [0.2, 0.25) is 0 Å². The minimum absolute atomic E-state index is 0.696. The van der Waals surface area contributed by atoms with Crippen molar-refractivity contribution >= 4 is 0 Å². The van der Waals surface area contributed by atoms with Gasteiger partial charge in [-0.3, -0.25) is 0 Å². The van der Waals surface area contributed by atoms with E-state index in [0.29, 0.717) is 5.92 Å². The molecule has 0 saturated heterocycles. The molecule has 0 atom stereocenters. The van der Waals surface area contributed by atoms with Gasteiger partial charge in [-0.1, -0.05) is 44.6 Å². The lowest BCUT2D eigenvalue weighted by Crippen LogP contribution is -1.90. The molecule has 0 heteroatoms. The summed E-state index contributed by atoms with van der Waals surface area (Å²) in [6.45, 7) is 8.72. The summed E-state index contributed by atoms with van der Waals surface area (Å²) in [6.07, 6.45) is 7.56. The third kappa shape index (κ3) is 3.49. The van der Waals surface area contributed by atoms with Crippen LogP contribution in [0.1, 0.15) is 34.1 Å². The molecule has 0 aliphatic carbocycles. The average molecular weight is 138 g/mol. The first kappa shape index (κ1) is 9.48. The Labute approximate surface area is 64.6 Å². The highest BCUT2D eigenvalue weighted by molar-refractivity contribution is 5.13. The molecule has 0 N–H and O–H groups in total. The Hall–Kier alpha value is -0.520. The molecule has 0 nitrogen and oxygen atoms in total. The van der Waals surface area contributed by atoms with Gasteiger partial charge in [0.05, 0.1) is 0 Å². The van der Waals surface area contributed by atoms with Crippen molar-refractivity contribution in [2.75, 3.05) is 0 Å². The maximum Gasteiger partial charge on any atom is -0.0257 e. The lowest BCUT2D eigenvalue weighted by Gasteiger charge is -2.06. The normalized spacial score (nSPS) is 13.5. The zero-order chi connectivity index (χ0) is 7.98. The Balaban J connectivity index is 4.04. The van der Waals surface area contributed by atoms with Gasteiger partial charge in [0.15, 0.2) is 0 Å². The van der Waals surface area contributed by atoms with Crippen LogP contribution in [0.4, 0.5) is 0 Å². The zero-order valence-corrected chi connectivity index (χ0v) is 7.52. The van der Waals surface area contributed by atoms with Gasteiger partial charge in [0, 0.05) is 0 Å². The van der Waals surface area contributed by atoms with Crippen molar-refractivity contribution in [2.24, 2.45) is 5.92 Å². The van der Waals surface area contributed by atoms with Crippen LogP contribution in [-0.2, 0) is 0 Å². The van der Waals surface area contributed by atoms with Crippen molar-refractivity contribution in [3.05, 3.63) is 23.8 Å². The van der Waals surface area contributed by atoms with Crippen LogP contribution in [0.25, 0.3) is 0 Å². The second-order valence-electron chi connectivity index (χ2n) is 2.78. The smallest absolute Gasteiger partial charge is 0.0257 e. The SMILES string of the molecule is C/C=C\C=C(/CC)C(C)C. The molecule has 0 aliphatic heterocycles. The minimum Gasteiger partial charge on any atom is -0.0877 e. The summed E-state index contributed by atoms with van der Waals surface area (Å²) in [5, 5.41) is 0. The van der Waals surface area contributed by atoms with Crippen LogP contribution in [0, 0.1) is 5.92 Å². The summed E-state index contributed by atoms with van der Waals surface area (Å²) >= 11 is 0. The molecule has 0 aromatic heterocycles. The fraction of sp³-hybridized carbons (Fsp3) is 0.600. The molecule has 0 saturated carbocycles. The van der Waals surface area contributed by atoms with Gasteiger partial charge in [-0.05, 0) is 19.3 Å². The standard InChI is InChI=1S/C10H18/c1-5-7-8-10(6-2)9(3)4/h5,7-9H,6H2,1-4H3/b7-5-,10-8+. The lowest BCUT2D eigenvalue weighted by molar-refractivity contribution is 0.732. The second kappa shape index (κ2) is 5.28. The van der Waals surface area contributed by atoms with Crippen molar-refractivity contribution in [1.82, 2.24) is 0 Å². The maximum absolute atomic E-state index is 2.23. The molecule has 0 aromatic rings. The van der Waals surface area contributed by atoms with Gasteiger partial charge in [-0.25, -0.2) is 0 Å². The zero-order valence-electron chi connectivity index (χ0n) is 7.52. The monoisotopic (exact) mass is 138 g/mol. The molecule has 0 fully saturated rings. The second-order valence-corrected chi connectivity index (χ2v) is 2.78. The molecule has 0 unspecified atom stereocenters. The topological polar surface area (TPSA) is 0 Å². The van der Waals surface area contributed by atoms with E-state index in [1.165, 1.54) is 12.0 Å². The first-order valence-corrected chi connectivity index (χ1v) is 4.04. The summed E-state index contributed by atoms with van der Waals surface area (Å²) in [5.74, 6) is 0.696. The Bertz CT molecular complexity index is 127. The van der Waals surface area contributed by atoms with Crippen molar-refractivity contribution in [2.45, 2.75) is 34.1 Å². The molecule has 10 heavy (non-hydrogen) atoms. The largest absolute Gasteiger partial charge is 0.0877 e. The highest BCUT2D eigenvalue weighted by Crippen LogP contribution is 2.12. The molecule has 58 valence electrons. The third-order valence-electron chi connectivity index (χ3n) is 1.65. The average Bonchev–Trinajstić information content (AvgIpc) is 1.89. The van der Waals surface area contributed by atoms with Crippen molar-refractivity contribution in [1.29, 1.82) is 0 Å². The van der Waals surface area contributed by atoms with Gasteiger partial charge in [-0.15, -0.1) is 0 Å². The van der Waals surface area contributed by atoms with Gasteiger partial charge in [0.2, 0.25) is 0 Å². The van der Waals surface area contributed by atoms with Gasteiger partial charge >= 0.3 is 0 Å². The summed E-state index contributed by atoms with van der Waals surface area (Å²) in [6, 6.07) is 0. The van der Waals surface area contributed by atoms with Crippen molar-refractivity contribution in [3.8, 4) is 0 Å². The van der Waals surface area contributed by atoms with E-state index in [1.807, 2.05) is 6.92 Å². The summed E-state index contributed by atoms with van der Waals surface area (Å²) in [5.41, 5.74) is 1.53. The van der Waals surface area contributed by atoms with Crippen molar-refractivity contribution in [3.63, 3.8) is 0 Å². The van der Waals surface area contributed by atoms with E-state index in [4.69, 9.17) is 0 Å². The highest BCUT2D eigenvalue weighted by Gasteiger charge is 1.96. The minimum atomic E-state index is 0.696. The van der Waals surface area contributed by atoms with E-state index in [-0.39, 0.29) is 0 Å². The predicted octanol–water partition coefficient (Wildman–Crippen LogP) is 3.55. The fourth-order valence-corrected chi connectivity index (χ4v) is 0.938. The quantitative estimate of drug-likeness (QED) is 0.523. The van der Waals surface area contributed by atoms with E-state index in [0.717, 1.165) is 0 Å². The number of hydrogen-bond donors (Lipinski definition) is 0. The molecule has 0 bridgehead atoms. The number of hydrogen-bond acceptors (Lipinski definition) is 0. The van der Waals surface area contributed by atoms with Crippen molar-refractivity contribution < 1.29 is 0 Å². The lowest BCUT2D eigenvalue weighted by atomic mass is 10.0. The van der Waals surface area contributed by atoms with Crippen LogP contribution >= 0.6 is 0 Å². The van der Waals surface area contributed by atoms with Gasteiger partial charge in [0.1, 0.15) is 0 Å². The van der Waals surface area contributed by atoms with E-state index in [9.17, 15) is 0 Å². The van der Waals surface area contributed by atoms with Crippen LogP contribution in [0.3, 0.4) is 0 Å².